The van der Waals surface area contributed by atoms with Gasteiger partial charge in [-0.05, 0) is 50.6 Å². The molecule has 1 N–H and O–H groups in total. The van der Waals surface area contributed by atoms with E-state index >= 15 is 0 Å². The van der Waals surface area contributed by atoms with E-state index in [9.17, 15) is 14.4 Å². The Morgan fingerprint density at radius 2 is 1.71 bits per heavy atom. The Hall–Kier alpha value is -2.95. The van der Waals surface area contributed by atoms with Crippen LogP contribution in [0.15, 0.2) is 42.5 Å². The summed E-state index contributed by atoms with van der Waals surface area (Å²) < 4.78 is 5.04. The Bertz CT molecular complexity index is 781. The molecule has 24 heavy (non-hydrogen) atoms. The fourth-order valence-electron chi connectivity index (χ4n) is 2.35. The number of ketones is 1. The van der Waals surface area contributed by atoms with Gasteiger partial charge in [0.15, 0.2) is 5.78 Å². The summed E-state index contributed by atoms with van der Waals surface area (Å²) in [6.07, 6.45) is 0. The van der Waals surface area contributed by atoms with Crippen LogP contribution in [0.4, 0.5) is 5.69 Å². The fraction of sp³-hybridized carbons (Fsp3) is 0.211. The smallest absolute Gasteiger partial charge is 0.340 e. The number of benzene rings is 2. The fourth-order valence-corrected chi connectivity index (χ4v) is 2.35. The predicted octanol–water partition coefficient (Wildman–Crippen LogP) is 3.63. The maximum atomic E-state index is 12.4. The third kappa shape index (κ3) is 3.87. The maximum Gasteiger partial charge on any atom is 0.340 e. The Kier molecular flexibility index (Phi) is 5.47. The number of hydrogen-bond acceptors (Lipinski definition) is 4. The molecule has 0 fully saturated rings. The quantitative estimate of drug-likeness (QED) is 0.673. The summed E-state index contributed by atoms with van der Waals surface area (Å²) in [5.74, 6) is -1.04. The summed E-state index contributed by atoms with van der Waals surface area (Å²) in [5, 5.41) is 2.70. The van der Waals surface area contributed by atoms with E-state index < -0.39 is 5.97 Å². The van der Waals surface area contributed by atoms with Crippen molar-refractivity contribution in [2.24, 2.45) is 0 Å². The first kappa shape index (κ1) is 17.4. The SMILES string of the molecule is CCOC(=O)c1cc(C)c(C(C)=O)cc1NC(=O)c1ccccc1. The maximum absolute atomic E-state index is 12.4. The minimum absolute atomic E-state index is 0.141. The number of esters is 1. The summed E-state index contributed by atoms with van der Waals surface area (Å²) >= 11 is 0. The molecule has 5 nitrogen and oxygen atoms in total. The molecular weight excluding hydrogens is 306 g/mol. The molecule has 2 rings (SSSR count). The van der Waals surface area contributed by atoms with Gasteiger partial charge in [-0.2, -0.15) is 0 Å². The Balaban J connectivity index is 2.45. The van der Waals surface area contributed by atoms with E-state index in [-0.39, 0.29) is 29.5 Å². The summed E-state index contributed by atoms with van der Waals surface area (Å²) in [6.45, 7) is 5.10. The number of carbonyl (C=O) groups is 3. The first-order valence-electron chi connectivity index (χ1n) is 7.63. The lowest BCUT2D eigenvalue weighted by Gasteiger charge is -2.14. The van der Waals surface area contributed by atoms with Crippen molar-refractivity contribution in [1.29, 1.82) is 0 Å². The molecule has 2 aromatic carbocycles. The van der Waals surface area contributed by atoms with Gasteiger partial charge in [0.25, 0.3) is 5.91 Å². The lowest BCUT2D eigenvalue weighted by molar-refractivity contribution is 0.0527. The number of amides is 1. The minimum atomic E-state index is -0.543. The van der Waals surface area contributed by atoms with Crippen LogP contribution in [-0.4, -0.2) is 24.3 Å². The highest BCUT2D eigenvalue weighted by atomic mass is 16.5. The molecule has 1 amide bonds. The zero-order valence-electron chi connectivity index (χ0n) is 13.9. The molecule has 0 aliphatic rings. The molecule has 5 heteroatoms. The zero-order chi connectivity index (χ0) is 17.7. The number of Topliss-reactive ketones (excluding diaryl/α,β-unsaturated/α-hetero) is 1. The van der Waals surface area contributed by atoms with Gasteiger partial charge in [-0.1, -0.05) is 18.2 Å². The molecule has 124 valence electrons. The summed E-state index contributed by atoms with van der Waals surface area (Å²) in [5.41, 5.74) is 2.05. The third-order valence-electron chi connectivity index (χ3n) is 3.52. The monoisotopic (exact) mass is 325 g/mol. The standard InChI is InChI=1S/C19H19NO4/c1-4-24-19(23)16-10-12(2)15(13(3)21)11-17(16)20-18(22)14-8-6-5-7-9-14/h5-11H,4H2,1-3H3,(H,20,22). The number of anilines is 1. The lowest BCUT2D eigenvalue weighted by atomic mass is 10.00. The van der Waals surface area contributed by atoms with E-state index in [1.54, 1.807) is 50.2 Å². The highest BCUT2D eigenvalue weighted by molar-refractivity contribution is 6.09. The summed E-state index contributed by atoms with van der Waals surface area (Å²) in [7, 11) is 0. The van der Waals surface area contributed by atoms with Gasteiger partial charge in [-0.15, -0.1) is 0 Å². The van der Waals surface area contributed by atoms with Crippen molar-refractivity contribution in [3.63, 3.8) is 0 Å². The van der Waals surface area contributed by atoms with Gasteiger partial charge < -0.3 is 10.1 Å². The van der Waals surface area contributed by atoms with Gasteiger partial charge >= 0.3 is 5.97 Å². The van der Waals surface area contributed by atoms with Gasteiger partial charge in [-0.3, -0.25) is 9.59 Å². The van der Waals surface area contributed by atoms with Gasteiger partial charge in [-0.25, -0.2) is 4.79 Å². The van der Waals surface area contributed by atoms with Crippen LogP contribution in [-0.2, 0) is 4.74 Å². The molecule has 0 spiro atoms. The second-order valence-corrected chi connectivity index (χ2v) is 5.31. The van der Waals surface area contributed by atoms with Crippen LogP contribution in [0.3, 0.4) is 0 Å². The van der Waals surface area contributed by atoms with E-state index in [1.807, 2.05) is 0 Å². The van der Waals surface area contributed by atoms with Crippen molar-refractivity contribution >= 4 is 23.3 Å². The van der Waals surface area contributed by atoms with Crippen LogP contribution >= 0.6 is 0 Å². The van der Waals surface area contributed by atoms with Gasteiger partial charge in [0.1, 0.15) is 0 Å². The molecule has 0 unspecified atom stereocenters. The molecule has 0 heterocycles. The molecule has 0 aromatic heterocycles. The number of aryl methyl sites for hydroxylation is 1. The second kappa shape index (κ2) is 7.55. The van der Waals surface area contributed by atoms with Crippen molar-refractivity contribution in [2.45, 2.75) is 20.8 Å². The van der Waals surface area contributed by atoms with Crippen LogP contribution in [0.25, 0.3) is 0 Å². The number of carbonyl (C=O) groups excluding carboxylic acids is 3. The topological polar surface area (TPSA) is 72.5 Å². The third-order valence-corrected chi connectivity index (χ3v) is 3.52. The first-order chi connectivity index (χ1) is 11.4. The van der Waals surface area contributed by atoms with Crippen molar-refractivity contribution < 1.29 is 19.1 Å². The van der Waals surface area contributed by atoms with Gasteiger partial charge in [0.2, 0.25) is 0 Å². The van der Waals surface area contributed by atoms with Gasteiger partial charge in [0, 0.05) is 11.1 Å². The Morgan fingerprint density at radius 3 is 2.29 bits per heavy atom. The zero-order valence-corrected chi connectivity index (χ0v) is 13.9. The molecule has 0 aliphatic heterocycles. The van der Waals surface area contributed by atoms with Crippen LogP contribution < -0.4 is 5.32 Å². The molecule has 0 saturated heterocycles. The van der Waals surface area contributed by atoms with Crippen LogP contribution in [0, 0.1) is 6.92 Å². The molecule has 0 atom stereocenters. The molecular formula is C19H19NO4. The average Bonchev–Trinajstić information content (AvgIpc) is 2.56. The largest absolute Gasteiger partial charge is 0.462 e. The van der Waals surface area contributed by atoms with E-state index in [1.165, 1.54) is 13.0 Å². The second-order valence-electron chi connectivity index (χ2n) is 5.31. The molecule has 2 aromatic rings. The van der Waals surface area contributed by atoms with Crippen molar-refractivity contribution in [2.75, 3.05) is 11.9 Å². The molecule has 0 aliphatic carbocycles. The van der Waals surface area contributed by atoms with E-state index in [0.29, 0.717) is 16.7 Å². The molecule has 0 bridgehead atoms. The summed E-state index contributed by atoms with van der Waals surface area (Å²) in [4.78, 5) is 36.3. The Labute approximate surface area is 140 Å². The van der Waals surface area contributed by atoms with Crippen molar-refractivity contribution in [1.82, 2.24) is 0 Å². The van der Waals surface area contributed by atoms with Crippen LogP contribution in [0.2, 0.25) is 0 Å². The van der Waals surface area contributed by atoms with E-state index in [0.717, 1.165) is 0 Å². The normalized spacial score (nSPS) is 10.1. The number of nitrogens with one attached hydrogen (secondary N) is 1. The Morgan fingerprint density at radius 1 is 1.04 bits per heavy atom. The predicted molar refractivity (Wildman–Crippen MR) is 91.5 cm³/mol. The number of ether oxygens (including phenoxy) is 1. The number of hydrogen-bond donors (Lipinski definition) is 1. The van der Waals surface area contributed by atoms with Crippen molar-refractivity contribution in [3.8, 4) is 0 Å². The van der Waals surface area contributed by atoms with Crippen LogP contribution in [0.5, 0.6) is 0 Å². The highest BCUT2D eigenvalue weighted by Crippen LogP contribution is 2.24. The highest BCUT2D eigenvalue weighted by Gasteiger charge is 2.19. The van der Waals surface area contributed by atoms with Gasteiger partial charge in [0.05, 0.1) is 17.9 Å². The van der Waals surface area contributed by atoms with E-state index in [4.69, 9.17) is 4.74 Å². The number of rotatable bonds is 5. The minimum Gasteiger partial charge on any atom is -0.462 e. The van der Waals surface area contributed by atoms with Crippen molar-refractivity contribution in [3.05, 3.63) is 64.7 Å². The molecule has 0 radical (unpaired) electrons. The summed E-state index contributed by atoms with van der Waals surface area (Å²) in [6, 6.07) is 11.7. The lowest BCUT2D eigenvalue weighted by Crippen LogP contribution is -2.17. The molecule has 0 saturated carbocycles. The first-order valence-corrected chi connectivity index (χ1v) is 7.63. The van der Waals surface area contributed by atoms with Crippen LogP contribution in [0.1, 0.15) is 50.5 Å². The van der Waals surface area contributed by atoms with E-state index in [2.05, 4.69) is 5.32 Å². The average molecular weight is 325 g/mol.